The molecule has 0 N–H and O–H groups in total. The number of allylic oxidation sites excluding steroid dienone is 3. The van der Waals surface area contributed by atoms with Crippen molar-refractivity contribution >= 4 is 17.3 Å². The predicted molar refractivity (Wildman–Crippen MR) is 62.6 cm³/mol. The minimum Gasteiger partial charge on any atom is -0.288 e. The molecule has 0 spiro atoms. The summed E-state index contributed by atoms with van der Waals surface area (Å²) in [6, 6.07) is 8.43. The van der Waals surface area contributed by atoms with E-state index in [0.29, 0.717) is 5.56 Å². The highest BCUT2D eigenvalue weighted by atomic mass is 16.2. The molecule has 0 bridgehead atoms. The maximum absolute atomic E-state index is 12.0. The first kappa shape index (κ1) is 11.2. The fraction of sp³-hybridized carbons (Fsp3) is 0.0714. The van der Waals surface area contributed by atoms with Gasteiger partial charge < -0.3 is 0 Å². The summed E-state index contributed by atoms with van der Waals surface area (Å²) in [7, 11) is 0. The van der Waals surface area contributed by atoms with Gasteiger partial charge in [0.25, 0.3) is 0 Å². The molecule has 84 valence electrons. The largest absolute Gasteiger partial charge is 0.288 e. The molecule has 0 aliphatic heterocycles. The molecule has 3 nitrogen and oxygen atoms in total. The molecule has 0 fully saturated rings. The fourth-order valence-electron chi connectivity index (χ4n) is 1.63. The van der Waals surface area contributed by atoms with Gasteiger partial charge in [0.1, 0.15) is 0 Å². The lowest BCUT2D eigenvalue weighted by Crippen LogP contribution is -2.26. The monoisotopic (exact) mass is 226 g/mol. The second-order valence-corrected chi connectivity index (χ2v) is 3.78. The minimum absolute atomic E-state index is 0.0476. The lowest BCUT2D eigenvalue weighted by molar-refractivity contribution is -0.132. The van der Waals surface area contributed by atoms with E-state index in [2.05, 4.69) is 6.58 Å². The highest BCUT2D eigenvalue weighted by Crippen LogP contribution is 2.19. The number of benzene rings is 1. The van der Waals surface area contributed by atoms with Crippen molar-refractivity contribution in [3.63, 3.8) is 0 Å². The number of hydrogen-bond donors (Lipinski definition) is 0. The number of hydrogen-bond acceptors (Lipinski definition) is 3. The number of ketones is 3. The Morgan fingerprint density at radius 3 is 2.35 bits per heavy atom. The average molecular weight is 226 g/mol. The molecule has 1 aromatic carbocycles. The molecule has 17 heavy (non-hydrogen) atoms. The van der Waals surface area contributed by atoms with Gasteiger partial charge >= 0.3 is 0 Å². The van der Waals surface area contributed by atoms with Crippen molar-refractivity contribution in [2.75, 3.05) is 0 Å². The molecule has 0 heterocycles. The fourth-order valence-corrected chi connectivity index (χ4v) is 1.63. The van der Waals surface area contributed by atoms with Gasteiger partial charge in [-0.3, -0.25) is 14.4 Å². The molecular weight excluding hydrogens is 216 g/mol. The van der Waals surface area contributed by atoms with E-state index >= 15 is 0 Å². The summed E-state index contributed by atoms with van der Waals surface area (Å²) in [5.74, 6) is -1.82. The molecule has 2 rings (SSSR count). The molecule has 3 heteroatoms. The van der Waals surface area contributed by atoms with Gasteiger partial charge in [0, 0.05) is 11.1 Å². The molecule has 1 aliphatic rings. The van der Waals surface area contributed by atoms with Crippen LogP contribution in [0.5, 0.6) is 0 Å². The smallest absolute Gasteiger partial charge is 0.236 e. The quantitative estimate of drug-likeness (QED) is 0.335. The Balaban J connectivity index is 2.36. The van der Waals surface area contributed by atoms with Gasteiger partial charge in [-0.2, -0.15) is 0 Å². The van der Waals surface area contributed by atoms with Crippen molar-refractivity contribution < 1.29 is 14.4 Å². The maximum atomic E-state index is 12.0. The first-order chi connectivity index (χ1) is 8.11. The van der Waals surface area contributed by atoms with Gasteiger partial charge in [-0.05, 0) is 6.42 Å². The zero-order valence-electron chi connectivity index (χ0n) is 9.10. The van der Waals surface area contributed by atoms with Crippen LogP contribution in [0.25, 0.3) is 0 Å². The van der Waals surface area contributed by atoms with E-state index in [1.807, 2.05) is 0 Å². The van der Waals surface area contributed by atoms with Crippen molar-refractivity contribution in [3.05, 3.63) is 59.7 Å². The maximum Gasteiger partial charge on any atom is 0.236 e. The standard InChI is InChI=1S/C14H10O3/c1-9-7-8-11(14(17)12(9)15)13(16)10-5-3-2-4-6-10/h2-6,8H,1,7H2. The summed E-state index contributed by atoms with van der Waals surface area (Å²) in [4.78, 5) is 35.1. The van der Waals surface area contributed by atoms with Crippen LogP contribution in [0.4, 0.5) is 0 Å². The van der Waals surface area contributed by atoms with Crippen LogP contribution >= 0.6 is 0 Å². The van der Waals surface area contributed by atoms with Crippen molar-refractivity contribution in [2.24, 2.45) is 0 Å². The summed E-state index contributed by atoms with van der Waals surface area (Å²) < 4.78 is 0. The van der Waals surface area contributed by atoms with Crippen molar-refractivity contribution in [1.82, 2.24) is 0 Å². The second kappa shape index (κ2) is 4.29. The third kappa shape index (κ3) is 1.99. The summed E-state index contributed by atoms with van der Waals surface area (Å²) in [6.07, 6.45) is 1.74. The molecule has 0 radical (unpaired) electrons. The Hall–Kier alpha value is -2.29. The van der Waals surface area contributed by atoms with Crippen molar-refractivity contribution in [2.45, 2.75) is 6.42 Å². The lowest BCUT2D eigenvalue weighted by atomic mass is 9.89. The first-order valence-corrected chi connectivity index (χ1v) is 5.18. The normalized spacial score (nSPS) is 15.8. The van der Waals surface area contributed by atoms with Crippen molar-refractivity contribution in [1.29, 1.82) is 0 Å². The van der Waals surface area contributed by atoms with Crippen LogP contribution in [0.1, 0.15) is 16.8 Å². The Kier molecular flexibility index (Phi) is 2.83. The molecule has 1 aromatic rings. The molecule has 0 saturated carbocycles. The van der Waals surface area contributed by atoms with Gasteiger partial charge in [-0.1, -0.05) is 43.0 Å². The second-order valence-electron chi connectivity index (χ2n) is 3.78. The van der Waals surface area contributed by atoms with Gasteiger partial charge in [0.05, 0.1) is 5.57 Å². The third-order valence-corrected chi connectivity index (χ3v) is 2.61. The molecule has 0 amide bonds. The Morgan fingerprint density at radius 2 is 1.71 bits per heavy atom. The summed E-state index contributed by atoms with van der Waals surface area (Å²) in [5, 5.41) is 0. The van der Waals surface area contributed by atoms with Gasteiger partial charge in [0.15, 0.2) is 5.78 Å². The number of Topliss-reactive ketones (excluding diaryl/α,β-unsaturated/α-hetero) is 3. The van der Waals surface area contributed by atoms with E-state index in [0.717, 1.165) is 0 Å². The summed E-state index contributed by atoms with van der Waals surface area (Å²) >= 11 is 0. The summed E-state index contributed by atoms with van der Waals surface area (Å²) in [5.41, 5.74) is 0.598. The van der Waals surface area contributed by atoms with Crippen LogP contribution in [-0.4, -0.2) is 17.3 Å². The Labute approximate surface area is 98.5 Å². The zero-order chi connectivity index (χ0) is 12.4. The van der Waals surface area contributed by atoms with E-state index in [4.69, 9.17) is 0 Å². The van der Waals surface area contributed by atoms with Crippen LogP contribution in [-0.2, 0) is 9.59 Å². The van der Waals surface area contributed by atoms with E-state index in [1.54, 1.807) is 30.3 Å². The highest BCUT2D eigenvalue weighted by Gasteiger charge is 2.30. The third-order valence-electron chi connectivity index (χ3n) is 2.61. The number of rotatable bonds is 2. The molecule has 1 aliphatic carbocycles. The van der Waals surface area contributed by atoms with Gasteiger partial charge in [-0.15, -0.1) is 0 Å². The van der Waals surface area contributed by atoms with Crippen LogP contribution in [0, 0.1) is 0 Å². The Morgan fingerprint density at radius 1 is 1.06 bits per heavy atom. The molecule has 0 unspecified atom stereocenters. The SMILES string of the molecule is C=C1CC=C(C(=O)c2ccccc2)C(=O)C1=O. The number of carbonyl (C=O) groups excluding carboxylic acids is 3. The average Bonchev–Trinajstić information content (AvgIpc) is 2.36. The Bertz CT molecular complexity index is 550. The summed E-state index contributed by atoms with van der Waals surface area (Å²) in [6.45, 7) is 3.49. The van der Waals surface area contributed by atoms with Gasteiger partial charge in [0.2, 0.25) is 11.6 Å². The molecule has 0 aromatic heterocycles. The predicted octanol–water partition coefficient (Wildman–Crippen LogP) is 1.89. The van der Waals surface area contributed by atoms with Crippen LogP contribution in [0.3, 0.4) is 0 Å². The van der Waals surface area contributed by atoms with E-state index < -0.39 is 17.3 Å². The van der Waals surface area contributed by atoms with E-state index in [-0.39, 0.29) is 17.6 Å². The van der Waals surface area contributed by atoms with Crippen molar-refractivity contribution in [3.8, 4) is 0 Å². The van der Waals surface area contributed by atoms with E-state index in [1.165, 1.54) is 6.08 Å². The molecule has 0 atom stereocenters. The van der Waals surface area contributed by atoms with Gasteiger partial charge in [-0.25, -0.2) is 0 Å². The topological polar surface area (TPSA) is 51.2 Å². The first-order valence-electron chi connectivity index (χ1n) is 5.18. The minimum atomic E-state index is -0.755. The molecule has 0 saturated heterocycles. The molecular formula is C14H10O3. The van der Waals surface area contributed by atoms with Crippen LogP contribution in [0.2, 0.25) is 0 Å². The van der Waals surface area contributed by atoms with Crippen LogP contribution < -0.4 is 0 Å². The highest BCUT2D eigenvalue weighted by molar-refractivity contribution is 6.55. The number of carbonyl (C=O) groups is 3. The lowest BCUT2D eigenvalue weighted by Gasteiger charge is -2.11. The van der Waals surface area contributed by atoms with Crippen LogP contribution in [0.15, 0.2) is 54.1 Å². The zero-order valence-corrected chi connectivity index (χ0v) is 9.10. The van der Waals surface area contributed by atoms with E-state index in [9.17, 15) is 14.4 Å².